The van der Waals surface area contributed by atoms with E-state index in [9.17, 15) is 0 Å². The van der Waals surface area contributed by atoms with Crippen molar-refractivity contribution < 1.29 is 4.74 Å². The maximum absolute atomic E-state index is 5.90. The van der Waals surface area contributed by atoms with Crippen molar-refractivity contribution in [3.63, 3.8) is 0 Å². The van der Waals surface area contributed by atoms with Crippen LogP contribution in [0.25, 0.3) is 11.4 Å². The van der Waals surface area contributed by atoms with Gasteiger partial charge in [-0.25, -0.2) is 4.98 Å². The molecule has 0 radical (unpaired) electrons. The van der Waals surface area contributed by atoms with E-state index in [4.69, 9.17) is 4.74 Å². The Hall–Kier alpha value is -2.10. The van der Waals surface area contributed by atoms with E-state index in [0.717, 1.165) is 18.0 Å². The van der Waals surface area contributed by atoms with E-state index in [1.807, 2.05) is 43.4 Å². The van der Waals surface area contributed by atoms with Crippen LogP contribution in [-0.2, 0) is 0 Å². The van der Waals surface area contributed by atoms with Crippen LogP contribution >= 0.6 is 0 Å². The number of nitrogens with zero attached hydrogens (tertiary/aromatic N) is 2. The van der Waals surface area contributed by atoms with Gasteiger partial charge in [0.1, 0.15) is 5.82 Å². The first kappa shape index (κ1) is 13.9. The fourth-order valence-electron chi connectivity index (χ4n) is 2.72. The van der Waals surface area contributed by atoms with Crippen LogP contribution < -0.4 is 10.1 Å². The van der Waals surface area contributed by atoms with Crippen LogP contribution in [0.1, 0.15) is 25.7 Å². The van der Waals surface area contributed by atoms with E-state index >= 15 is 0 Å². The second kappa shape index (κ2) is 6.57. The van der Waals surface area contributed by atoms with Gasteiger partial charge >= 0.3 is 0 Å². The van der Waals surface area contributed by atoms with Crippen LogP contribution in [0.4, 0.5) is 5.82 Å². The molecule has 1 aromatic carbocycles. The second-order valence-electron chi connectivity index (χ2n) is 5.49. The zero-order chi connectivity index (χ0) is 14.5. The molecular weight excluding hydrogens is 262 g/mol. The van der Waals surface area contributed by atoms with E-state index in [-0.39, 0.29) is 0 Å². The molecule has 0 unspecified atom stereocenters. The van der Waals surface area contributed by atoms with Gasteiger partial charge in [-0.1, -0.05) is 43.2 Å². The van der Waals surface area contributed by atoms with E-state index in [1.165, 1.54) is 25.7 Å². The molecule has 1 aliphatic rings. The van der Waals surface area contributed by atoms with E-state index in [2.05, 4.69) is 15.3 Å². The summed E-state index contributed by atoms with van der Waals surface area (Å²) in [6.07, 6.45) is 5.20. The largest absolute Gasteiger partial charge is 0.477 e. The summed E-state index contributed by atoms with van der Waals surface area (Å²) < 4.78 is 5.90. The molecule has 1 aliphatic carbocycles. The molecule has 2 aromatic rings. The molecule has 110 valence electrons. The fraction of sp³-hybridized carbons (Fsp3) is 0.412. The summed E-state index contributed by atoms with van der Waals surface area (Å²) in [6.45, 7) is 0.758. The fourth-order valence-corrected chi connectivity index (χ4v) is 2.72. The molecular formula is C17H21N3O. The normalized spacial score (nSPS) is 15.1. The third kappa shape index (κ3) is 3.51. The molecule has 4 heteroatoms. The highest BCUT2D eigenvalue weighted by Gasteiger charge is 2.16. The van der Waals surface area contributed by atoms with Gasteiger partial charge in [0.25, 0.3) is 0 Å². The Labute approximate surface area is 125 Å². The Morgan fingerprint density at radius 1 is 1.14 bits per heavy atom. The summed E-state index contributed by atoms with van der Waals surface area (Å²) in [5, 5.41) is 3.07. The molecule has 3 rings (SSSR count). The number of anilines is 1. The zero-order valence-electron chi connectivity index (χ0n) is 12.4. The Kier molecular flexibility index (Phi) is 4.34. The van der Waals surface area contributed by atoms with Crippen molar-refractivity contribution in [2.24, 2.45) is 5.92 Å². The molecule has 1 saturated carbocycles. The lowest BCUT2D eigenvalue weighted by atomic mass is 10.1. The van der Waals surface area contributed by atoms with Gasteiger partial charge in [-0.3, -0.25) is 0 Å². The topological polar surface area (TPSA) is 47.0 Å². The van der Waals surface area contributed by atoms with E-state index in [1.54, 1.807) is 0 Å². The van der Waals surface area contributed by atoms with Gasteiger partial charge in [-0.2, -0.15) is 4.98 Å². The molecule has 1 fully saturated rings. The molecule has 1 N–H and O–H groups in total. The molecule has 4 nitrogen and oxygen atoms in total. The number of ether oxygens (including phenoxy) is 1. The standard InChI is InChI=1S/C17H21N3O/c1-18-15-11-16(21-12-13-7-5-6-8-13)20-17(19-15)14-9-3-2-4-10-14/h2-4,9-11,13H,5-8,12H2,1H3,(H,18,19,20). The van der Waals surface area contributed by atoms with Crippen LogP contribution in [0.15, 0.2) is 36.4 Å². The average molecular weight is 283 g/mol. The number of aromatic nitrogens is 2. The molecule has 1 heterocycles. The third-order valence-electron chi connectivity index (χ3n) is 3.93. The molecule has 0 bridgehead atoms. The Balaban J connectivity index is 1.79. The Morgan fingerprint density at radius 2 is 1.90 bits per heavy atom. The Bertz CT molecular complexity index is 580. The highest BCUT2D eigenvalue weighted by molar-refractivity contribution is 5.58. The quantitative estimate of drug-likeness (QED) is 0.907. The van der Waals surface area contributed by atoms with Crippen molar-refractivity contribution in [2.75, 3.05) is 19.0 Å². The summed E-state index contributed by atoms with van der Waals surface area (Å²) in [5.41, 5.74) is 1.00. The first-order valence-corrected chi connectivity index (χ1v) is 7.60. The molecule has 1 aromatic heterocycles. The van der Waals surface area contributed by atoms with Crippen LogP contribution in [0, 0.1) is 5.92 Å². The van der Waals surface area contributed by atoms with Crippen LogP contribution in [0.2, 0.25) is 0 Å². The number of rotatable bonds is 5. The van der Waals surface area contributed by atoms with Gasteiger partial charge in [0.2, 0.25) is 5.88 Å². The molecule has 0 atom stereocenters. The Morgan fingerprint density at radius 3 is 2.62 bits per heavy atom. The van der Waals surface area contributed by atoms with Crippen molar-refractivity contribution >= 4 is 5.82 Å². The molecule has 0 aliphatic heterocycles. The van der Waals surface area contributed by atoms with Gasteiger partial charge < -0.3 is 10.1 Å². The third-order valence-corrected chi connectivity index (χ3v) is 3.93. The zero-order valence-corrected chi connectivity index (χ0v) is 12.4. The monoisotopic (exact) mass is 283 g/mol. The van der Waals surface area contributed by atoms with E-state index < -0.39 is 0 Å². The molecule has 21 heavy (non-hydrogen) atoms. The SMILES string of the molecule is CNc1cc(OCC2CCCC2)nc(-c2ccccc2)n1. The first-order chi connectivity index (χ1) is 10.3. The van der Waals surface area contributed by atoms with Crippen LogP contribution in [0.3, 0.4) is 0 Å². The summed E-state index contributed by atoms with van der Waals surface area (Å²) in [6, 6.07) is 11.9. The first-order valence-electron chi connectivity index (χ1n) is 7.60. The number of benzene rings is 1. The van der Waals surface area contributed by atoms with Gasteiger partial charge in [0, 0.05) is 18.7 Å². The number of hydrogen-bond acceptors (Lipinski definition) is 4. The lowest BCUT2D eigenvalue weighted by molar-refractivity contribution is 0.243. The van der Waals surface area contributed by atoms with Gasteiger partial charge in [0.15, 0.2) is 5.82 Å². The van der Waals surface area contributed by atoms with Crippen LogP contribution in [0.5, 0.6) is 5.88 Å². The van der Waals surface area contributed by atoms with Gasteiger partial charge in [-0.15, -0.1) is 0 Å². The second-order valence-corrected chi connectivity index (χ2v) is 5.49. The summed E-state index contributed by atoms with van der Waals surface area (Å²) in [4.78, 5) is 9.04. The van der Waals surface area contributed by atoms with Gasteiger partial charge in [-0.05, 0) is 18.8 Å². The minimum absolute atomic E-state index is 0.653. The smallest absolute Gasteiger partial charge is 0.219 e. The minimum atomic E-state index is 0.653. The lowest BCUT2D eigenvalue weighted by Crippen LogP contribution is -2.10. The summed E-state index contributed by atoms with van der Waals surface area (Å²) >= 11 is 0. The van der Waals surface area contributed by atoms with Crippen molar-refractivity contribution in [2.45, 2.75) is 25.7 Å². The minimum Gasteiger partial charge on any atom is -0.477 e. The van der Waals surface area contributed by atoms with Crippen molar-refractivity contribution in [1.29, 1.82) is 0 Å². The van der Waals surface area contributed by atoms with Crippen molar-refractivity contribution in [3.05, 3.63) is 36.4 Å². The molecule has 0 spiro atoms. The summed E-state index contributed by atoms with van der Waals surface area (Å²) in [5.74, 6) is 2.81. The number of hydrogen-bond donors (Lipinski definition) is 1. The van der Waals surface area contributed by atoms with Crippen LogP contribution in [-0.4, -0.2) is 23.6 Å². The van der Waals surface area contributed by atoms with Crippen molar-refractivity contribution in [3.8, 4) is 17.3 Å². The highest BCUT2D eigenvalue weighted by atomic mass is 16.5. The number of nitrogens with one attached hydrogen (secondary N) is 1. The summed E-state index contributed by atoms with van der Waals surface area (Å²) in [7, 11) is 1.86. The molecule has 0 saturated heterocycles. The van der Waals surface area contributed by atoms with Crippen molar-refractivity contribution in [1.82, 2.24) is 9.97 Å². The maximum Gasteiger partial charge on any atom is 0.219 e. The molecule has 0 amide bonds. The average Bonchev–Trinajstić information content (AvgIpc) is 3.07. The highest BCUT2D eigenvalue weighted by Crippen LogP contribution is 2.26. The maximum atomic E-state index is 5.90. The predicted molar refractivity (Wildman–Crippen MR) is 84.5 cm³/mol. The van der Waals surface area contributed by atoms with Gasteiger partial charge in [0.05, 0.1) is 6.61 Å². The lowest BCUT2D eigenvalue weighted by Gasteiger charge is -2.12. The predicted octanol–water partition coefficient (Wildman–Crippen LogP) is 3.75. The van der Waals surface area contributed by atoms with E-state index in [0.29, 0.717) is 17.6 Å².